The van der Waals surface area contributed by atoms with Gasteiger partial charge in [-0.1, -0.05) is 70.4 Å². The summed E-state index contributed by atoms with van der Waals surface area (Å²) in [5.41, 5.74) is 0. The molecule has 0 bridgehead atoms. The molecule has 0 saturated carbocycles. The van der Waals surface area contributed by atoms with Crippen LogP contribution in [-0.2, 0) is 9.53 Å². The largest absolute Gasteiger partial charge is 0.459 e. The Kier molecular flexibility index (Phi) is 19.4. The molecule has 25 heavy (non-hydrogen) atoms. The molecular formula is C21H39ClO3. The minimum atomic E-state index is -0.558. The topological polar surface area (TPSA) is 46.5 Å². The van der Waals surface area contributed by atoms with Crippen molar-refractivity contribution < 1.29 is 14.6 Å². The summed E-state index contributed by atoms with van der Waals surface area (Å²) in [4.78, 5) is 11.5. The number of carbonyl (C=O) groups is 1. The number of hydrogen-bond donors (Lipinski definition) is 1. The number of esters is 1. The molecular weight excluding hydrogens is 336 g/mol. The average Bonchev–Trinajstić information content (AvgIpc) is 2.62. The van der Waals surface area contributed by atoms with E-state index in [0.29, 0.717) is 6.42 Å². The number of carbonyl (C=O) groups excluding carboxylic acids is 1. The molecule has 0 radical (unpaired) electrons. The van der Waals surface area contributed by atoms with Crippen molar-refractivity contribution in [1.29, 1.82) is 0 Å². The highest BCUT2D eigenvalue weighted by Crippen LogP contribution is 2.10. The van der Waals surface area contributed by atoms with E-state index in [2.05, 4.69) is 19.1 Å². The van der Waals surface area contributed by atoms with Crippen LogP contribution in [0.4, 0.5) is 0 Å². The fourth-order valence-corrected chi connectivity index (χ4v) is 2.86. The normalized spacial score (nSPS) is 12.6. The number of unbranched alkanes of at least 4 members (excludes halogenated alkanes) is 11. The number of rotatable bonds is 18. The van der Waals surface area contributed by atoms with E-state index in [4.69, 9.17) is 21.4 Å². The van der Waals surface area contributed by atoms with Crippen molar-refractivity contribution in [3.8, 4) is 0 Å². The summed E-state index contributed by atoms with van der Waals surface area (Å²) in [6.07, 6.45) is 20.6. The lowest BCUT2D eigenvalue weighted by Gasteiger charge is -2.12. The van der Waals surface area contributed by atoms with Crippen LogP contribution in [0.25, 0.3) is 0 Å². The van der Waals surface area contributed by atoms with Crippen molar-refractivity contribution in [3.05, 3.63) is 12.2 Å². The van der Waals surface area contributed by atoms with Crippen molar-refractivity contribution >= 4 is 17.6 Å². The summed E-state index contributed by atoms with van der Waals surface area (Å²) in [5.74, 6) is -0.105. The second-order valence-electron chi connectivity index (χ2n) is 6.78. The highest BCUT2D eigenvalue weighted by molar-refractivity contribution is 6.18. The van der Waals surface area contributed by atoms with Gasteiger partial charge in [-0.05, 0) is 32.1 Å². The standard InChI is InChI=1S/C21H39ClO3/c1-2-3-4-5-6-7-8-9-10-11-12-13-14-15-16-17-21(24)25-20(18-22)19-23/h9-10,20,23H,2-8,11-19H2,1H3/b10-9-. The lowest BCUT2D eigenvalue weighted by atomic mass is 10.1. The molecule has 0 fully saturated rings. The van der Waals surface area contributed by atoms with E-state index in [1.807, 2.05) is 0 Å². The van der Waals surface area contributed by atoms with Crippen LogP contribution in [0.1, 0.15) is 96.8 Å². The van der Waals surface area contributed by atoms with Crippen molar-refractivity contribution in [2.45, 2.75) is 103 Å². The molecule has 0 amide bonds. The number of aliphatic hydroxyl groups excluding tert-OH is 1. The van der Waals surface area contributed by atoms with Gasteiger partial charge in [0.1, 0.15) is 6.10 Å². The molecule has 148 valence electrons. The summed E-state index contributed by atoms with van der Waals surface area (Å²) >= 11 is 5.57. The highest BCUT2D eigenvalue weighted by Gasteiger charge is 2.11. The predicted octanol–water partition coefficient (Wildman–Crippen LogP) is 6.17. The Bertz CT molecular complexity index is 314. The quantitative estimate of drug-likeness (QED) is 0.135. The molecule has 1 atom stereocenters. The van der Waals surface area contributed by atoms with E-state index in [1.54, 1.807) is 0 Å². The summed E-state index contributed by atoms with van der Waals surface area (Å²) in [5, 5.41) is 8.91. The van der Waals surface area contributed by atoms with Crippen LogP contribution < -0.4 is 0 Å². The van der Waals surface area contributed by atoms with Crippen LogP contribution in [0, 0.1) is 0 Å². The Morgan fingerprint density at radius 3 is 1.96 bits per heavy atom. The van der Waals surface area contributed by atoms with Crippen LogP contribution in [0.5, 0.6) is 0 Å². The van der Waals surface area contributed by atoms with Gasteiger partial charge >= 0.3 is 5.97 Å². The van der Waals surface area contributed by atoms with E-state index in [0.717, 1.165) is 19.3 Å². The molecule has 0 aromatic rings. The highest BCUT2D eigenvalue weighted by atomic mass is 35.5. The van der Waals surface area contributed by atoms with Crippen molar-refractivity contribution in [1.82, 2.24) is 0 Å². The first kappa shape index (κ1) is 24.5. The second kappa shape index (κ2) is 19.8. The zero-order valence-corrected chi connectivity index (χ0v) is 16.9. The smallest absolute Gasteiger partial charge is 0.306 e. The maximum Gasteiger partial charge on any atom is 0.306 e. The summed E-state index contributed by atoms with van der Waals surface area (Å²) in [6, 6.07) is 0. The molecule has 0 aromatic carbocycles. The number of allylic oxidation sites excluding steroid dienone is 2. The number of alkyl halides is 1. The van der Waals surface area contributed by atoms with E-state index in [9.17, 15) is 4.79 Å². The zero-order chi connectivity index (χ0) is 18.6. The number of halogens is 1. The van der Waals surface area contributed by atoms with Crippen molar-refractivity contribution in [2.24, 2.45) is 0 Å². The first-order chi connectivity index (χ1) is 12.2. The molecule has 0 spiro atoms. The van der Waals surface area contributed by atoms with Crippen LogP contribution in [0.2, 0.25) is 0 Å². The van der Waals surface area contributed by atoms with E-state index >= 15 is 0 Å². The van der Waals surface area contributed by atoms with Crippen LogP contribution in [0.15, 0.2) is 12.2 Å². The average molecular weight is 375 g/mol. The molecule has 3 nitrogen and oxygen atoms in total. The van der Waals surface area contributed by atoms with Gasteiger partial charge in [0, 0.05) is 6.42 Å². The Morgan fingerprint density at radius 1 is 0.920 bits per heavy atom. The fourth-order valence-electron chi connectivity index (χ4n) is 2.70. The fraction of sp³-hybridized carbons (Fsp3) is 0.857. The van der Waals surface area contributed by atoms with Gasteiger partial charge in [-0.25, -0.2) is 0 Å². The molecule has 0 heterocycles. The van der Waals surface area contributed by atoms with E-state index in [1.165, 1.54) is 64.2 Å². The molecule has 0 rings (SSSR count). The van der Waals surface area contributed by atoms with Crippen molar-refractivity contribution in [3.63, 3.8) is 0 Å². The third-order valence-corrected chi connectivity index (χ3v) is 4.66. The Balaban J connectivity index is 3.28. The Hall–Kier alpha value is -0.540. The minimum absolute atomic E-state index is 0.147. The SMILES string of the molecule is CCCCCCCC/C=C\CCCCCCCC(=O)OC(CO)CCl. The van der Waals surface area contributed by atoms with Gasteiger partial charge in [-0.2, -0.15) is 0 Å². The Labute approximate surface area is 160 Å². The molecule has 1 N–H and O–H groups in total. The van der Waals surface area contributed by atoms with Crippen LogP contribution >= 0.6 is 11.6 Å². The Morgan fingerprint density at radius 2 is 1.44 bits per heavy atom. The third kappa shape index (κ3) is 18.1. The zero-order valence-electron chi connectivity index (χ0n) is 16.2. The van der Waals surface area contributed by atoms with Crippen molar-refractivity contribution in [2.75, 3.05) is 12.5 Å². The molecule has 0 aliphatic heterocycles. The van der Waals surface area contributed by atoms with Gasteiger partial charge in [0.2, 0.25) is 0 Å². The van der Waals surface area contributed by atoms with E-state index in [-0.39, 0.29) is 18.5 Å². The second-order valence-corrected chi connectivity index (χ2v) is 7.09. The molecule has 4 heteroatoms. The molecule has 0 aliphatic carbocycles. The molecule has 0 aliphatic rings. The van der Waals surface area contributed by atoms with Crippen LogP contribution in [0.3, 0.4) is 0 Å². The minimum Gasteiger partial charge on any atom is -0.459 e. The molecule has 1 unspecified atom stereocenters. The lowest BCUT2D eigenvalue weighted by Crippen LogP contribution is -2.23. The van der Waals surface area contributed by atoms with Gasteiger partial charge in [-0.15, -0.1) is 11.6 Å². The number of ether oxygens (including phenoxy) is 1. The van der Waals surface area contributed by atoms with Crippen LogP contribution in [-0.4, -0.2) is 29.7 Å². The molecule has 0 saturated heterocycles. The first-order valence-electron chi connectivity index (χ1n) is 10.3. The predicted molar refractivity (Wildman–Crippen MR) is 107 cm³/mol. The number of hydrogen-bond acceptors (Lipinski definition) is 3. The lowest BCUT2D eigenvalue weighted by molar-refractivity contribution is -0.149. The van der Waals surface area contributed by atoms with E-state index < -0.39 is 6.10 Å². The van der Waals surface area contributed by atoms with Gasteiger partial charge in [0.05, 0.1) is 12.5 Å². The van der Waals surface area contributed by atoms with Gasteiger partial charge in [0.25, 0.3) is 0 Å². The number of aliphatic hydroxyl groups is 1. The third-order valence-electron chi connectivity index (χ3n) is 4.32. The summed E-state index contributed by atoms with van der Waals surface area (Å²) in [6.45, 7) is 2.05. The maximum absolute atomic E-state index is 11.5. The molecule has 0 aromatic heterocycles. The summed E-state index contributed by atoms with van der Waals surface area (Å²) < 4.78 is 5.04. The monoisotopic (exact) mass is 374 g/mol. The first-order valence-corrected chi connectivity index (χ1v) is 10.8. The van der Waals surface area contributed by atoms with Gasteiger partial charge in [0.15, 0.2) is 0 Å². The summed E-state index contributed by atoms with van der Waals surface area (Å²) in [7, 11) is 0. The van der Waals surface area contributed by atoms with Gasteiger partial charge < -0.3 is 9.84 Å². The van der Waals surface area contributed by atoms with Gasteiger partial charge in [-0.3, -0.25) is 4.79 Å². The maximum atomic E-state index is 11.5.